The van der Waals surface area contributed by atoms with Gasteiger partial charge in [-0.25, -0.2) is 0 Å². The molecule has 1 unspecified atom stereocenters. The van der Waals surface area contributed by atoms with Gasteiger partial charge in [-0.2, -0.15) is 0 Å². The van der Waals surface area contributed by atoms with Crippen LogP contribution in [0.5, 0.6) is 5.75 Å². The lowest BCUT2D eigenvalue weighted by molar-refractivity contribution is 0.0443. The molecule has 18 heavy (non-hydrogen) atoms. The van der Waals surface area contributed by atoms with E-state index in [1.807, 2.05) is 24.3 Å². The summed E-state index contributed by atoms with van der Waals surface area (Å²) in [4.78, 5) is 0. The summed E-state index contributed by atoms with van der Waals surface area (Å²) in [6, 6.07) is 7.75. The Balaban J connectivity index is 1.76. The Labute approximate surface area is 108 Å². The first kappa shape index (κ1) is 13.1. The van der Waals surface area contributed by atoms with Crippen LogP contribution in [0, 0.1) is 5.41 Å². The number of aliphatic hydroxyl groups excluding tert-OH is 1. The molecule has 0 fully saturated rings. The molecule has 1 N–H and O–H groups in total. The molecule has 98 valence electrons. The molecular weight excluding hydrogens is 228 g/mol. The minimum atomic E-state index is -0.481. The van der Waals surface area contributed by atoms with Crippen LogP contribution in [0.15, 0.2) is 35.9 Å². The van der Waals surface area contributed by atoms with Gasteiger partial charge in [0.2, 0.25) is 0 Å². The lowest BCUT2D eigenvalue weighted by Gasteiger charge is -2.12. The molecule has 2 rings (SSSR count). The molecular formula is C15H20O3. The molecule has 1 aliphatic carbocycles. The first-order chi connectivity index (χ1) is 8.53. The number of hydrogen-bond donors (Lipinski definition) is 1. The van der Waals surface area contributed by atoms with E-state index in [9.17, 15) is 5.11 Å². The minimum Gasteiger partial charge on any atom is -0.497 e. The SMILES string of the molecule is COc1cccc(COCC(O)C2=CC2(C)C)c1. The summed E-state index contributed by atoms with van der Waals surface area (Å²) >= 11 is 0. The quantitative estimate of drug-likeness (QED) is 0.786. The van der Waals surface area contributed by atoms with Crippen molar-refractivity contribution >= 4 is 0 Å². The van der Waals surface area contributed by atoms with Gasteiger partial charge in [0, 0.05) is 5.41 Å². The molecule has 0 saturated heterocycles. The maximum Gasteiger partial charge on any atom is 0.119 e. The topological polar surface area (TPSA) is 38.7 Å². The molecule has 0 amide bonds. The predicted octanol–water partition coefficient (Wildman–Crippen LogP) is 2.54. The van der Waals surface area contributed by atoms with Gasteiger partial charge in [0.05, 0.1) is 26.4 Å². The fourth-order valence-corrected chi connectivity index (χ4v) is 2.02. The minimum absolute atomic E-state index is 0.0821. The molecule has 3 heteroatoms. The summed E-state index contributed by atoms with van der Waals surface area (Å²) in [5.74, 6) is 0.822. The Hall–Kier alpha value is -1.32. The summed E-state index contributed by atoms with van der Waals surface area (Å²) in [5, 5.41) is 9.89. The van der Waals surface area contributed by atoms with Crippen LogP contribution >= 0.6 is 0 Å². The van der Waals surface area contributed by atoms with Gasteiger partial charge >= 0.3 is 0 Å². The highest BCUT2D eigenvalue weighted by atomic mass is 16.5. The standard InChI is InChI=1S/C15H20O3/c1-15(2)8-13(15)14(16)10-18-9-11-5-4-6-12(7-11)17-3/h4-8,14,16H,9-10H2,1-3H3. The van der Waals surface area contributed by atoms with Crippen molar-refractivity contribution in [1.29, 1.82) is 0 Å². The van der Waals surface area contributed by atoms with Crippen molar-refractivity contribution < 1.29 is 14.6 Å². The second kappa shape index (κ2) is 5.12. The highest BCUT2D eigenvalue weighted by Gasteiger charge is 2.38. The van der Waals surface area contributed by atoms with E-state index in [0.717, 1.165) is 16.9 Å². The summed E-state index contributed by atoms with van der Waals surface area (Å²) < 4.78 is 10.7. The van der Waals surface area contributed by atoms with Crippen LogP contribution in [-0.2, 0) is 11.3 Å². The Morgan fingerprint density at radius 1 is 1.33 bits per heavy atom. The Morgan fingerprint density at radius 3 is 2.67 bits per heavy atom. The zero-order chi connectivity index (χ0) is 13.2. The third-order valence-electron chi connectivity index (χ3n) is 3.21. The number of aliphatic hydroxyl groups is 1. The summed E-state index contributed by atoms with van der Waals surface area (Å²) in [6.45, 7) is 5.01. The van der Waals surface area contributed by atoms with Crippen molar-refractivity contribution in [1.82, 2.24) is 0 Å². The van der Waals surface area contributed by atoms with E-state index in [1.165, 1.54) is 0 Å². The molecule has 3 nitrogen and oxygen atoms in total. The van der Waals surface area contributed by atoms with E-state index in [0.29, 0.717) is 13.2 Å². The second-order valence-electron chi connectivity index (χ2n) is 5.20. The van der Waals surface area contributed by atoms with Gasteiger partial charge < -0.3 is 14.6 Å². The van der Waals surface area contributed by atoms with Crippen molar-refractivity contribution in [3.8, 4) is 5.75 Å². The molecule has 0 heterocycles. The van der Waals surface area contributed by atoms with Gasteiger partial charge in [0.15, 0.2) is 0 Å². The normalized spacial score (nSPS) is 18.1. The van der Waals surface area contributed by atoms with E-state index in [-0.39, 0.29) is 5.41 Å². The third kappa shape index (κ3) is 3.12. The van der Waals surface area contributed by atoms with Crippen LogP contribution in [-0.4, -0.2) is 24.9 Å². The maximum atomic E-state index is 9.89. The highest BCUT2D eigenvalue weighted by Crippen LogP contribution is 2.44. The summed E-state index contributed by atoms with van der Waals surface area (Å²) in [6.07, 6.45) is 1.60. The number of hydrogen-bond acceptors (Lipinski definition) is 3. The van der Waals surface area contributed by atoms with Crippen LogP contribution < -0.4 is 4.74 Å². The van der Waals surface area contributed by atoms with E-state index < -0.39 is 6.10 Å². The molecule has 0 bridgehead atoms. The van der Waals surface area contributed by atoms with E-state index in [1.54, 1.807) is 7.11 Å². The van der Waals surface area contributed by atoms with Crippen LogP contribution in [0.25, 0.3) is 0 Å². The van der Waals surface area contributed by atoms with Gasteiger partial charge in [0.25, 0.3) is 0 Å². The summed E-state index contributed by atoms with van der Waals surface area (Å²) in [5.41, 5.74) is 2.21. The molecule has 0 aliphatic heterocycles. The van der Waals surface area contributed by atoms with Gasteiger partial charge in [0.1, 0.15) is 5.75 Å². The van der Waals surface area contributed by atoms with Crippen LogP contribution in [0.3, 0.4) is 0 Å². The van der Waals surface area contributed by atoms with Gasteiger partial charge in [-0.1, -0.05) is 32.1 Å². The lowest BCUT2D eigenvalue weighted by atomic mass is 10.0. The van der Waals surface area contributed by atoms with Crippen molar-refractivity contribution in [2.75, 3.05) is 13.7 Å². The molecule has 0 spiro atoms. The predicted molar refractivity (Wildman–Crippen MR) is 70.5 cm³/mol. The zero-order valence-corrected chi connectivity index (χ0v) is 11.1. The first-order valence-electron chi connectivity index (χ1n) is 6.15. The number of allylic oxidation sites excluding steroid dienone is 1. The third-order valence-corrected chi connectivity index (χ3v) is 3.21. The number of benzene rings is 1. The van der Waals surface area contributed by atoms with Gasteiger partial charge in [-0.05, 0) is 23.3 Å². The smallest absolute Gasteiger partial charge is 0.119 e. The molecule has 1 aliphatic rings. The molecule has 1 aromatic rings. The highest BCUT2D eigenvalue weighted by molar-refractivity contribution is 5.39. The number of rotatable bonds is 6. The van der Waals surface area contributed by atoms with Gasteiger partial charge in [-0.3, -0.25) is 0 Å². The Kier molecular flexibility index (Phi) is 3.73. The molecule has 1 atom stereocenters. The van der Waals surface area contributed by atoms with Crippen molar-refractivity contribution in [3.05, 3.63) is 41.5 Å². The van der Waals surface area contributed by atoms with E-state index in [4.69, 9.17) is 9.47 Å². The van der Waals surface area contributed by atoms with Gasteiger partial charge in [-0.15, -0.1) is 0 Å². The average Bonchev–Trinajstić information content (AvgIpc) is 2.99. The van der Waals surface area contributed by atoms with E-state index in [2.05, 4.69) is 19.9 Å². The molecule has 0 aromatic heterocycles. The second-order valence-corrected chi connectivity index (χ2v) is 5.20. The Bertz CT molecular complexity index is 449. The van der Waals surface area contributed by atoms with Crippen molar-refractivity contribution in [2.24, 2.45) is 5.41 Å². The fourth-order valence-electron chi connectivity index (χ4n) is 2.02. The number of methoxy groups -OCH3 is 1. The zero-order valence-electron chi connectivity index (χ0n) is 11.1. The molecule has 0 radical (unpaired) electrons. The fraction of sp³-hybridized carbons (Fsp3) is 0.467. The van der Waals surface area contributed by atoms with Crippen molar-refractivity contribution in [3.63, 3.8) is 0 Å². The molecule has 0 saturated carbocycles. The molecule has 1 aromatic carbocycles. The number of ether oxygens (including phenoxy) is 2. The largest absolute Gasteiger partial charge is 0.497 e. The van der Waals surface area contributed by atoms with Crippen LogP contribution in [0.2, 0.25) is 0 Å². The van der Waals surface area contributed by atoms with E-state index >= 15 is 0 Å². The summed E-state index contributed by atoms with van der Waals surface area (Å²) in [7, 11) is 1.64. The lowest BCUT2D eigenvalue weighted by Crippen LogP contribution is -2.17. The maximum absolute atomic E-state index is 9.89. The Morgan fingerprint density at radius 2 is 2.06 bits per heavy atom. The van der Waals surface area contributed by atoms with Crippen molar-refractivity contribution in [2.45, 2.75) is 26.6 Å². The monoisotopic (exact) mass is 248 g/mol. The first-order valence-corrected chi connectivity index (χ1v) is 6.15. The van der Waals surface area contributed by atoms with Crippen LogP contribution in [0.4, 0.5) is 0 Å². The van der Waals surface area contributed by atoms with Crippen LogP contribution in [0.1, 0.15) is 19.4 Å². The average molecular weight is 248 g/mol.